The number of carbonyl (C=O) groups is 2. The van der Waals surface area contributed by atoms with E-state index in [1.165, 1.54) is 17.4 Å². The standard InChI is InChI=1S/C19H17FN4O2S/c20-13-4-2-1-3-12(13)10-24-15-5-6-23(16(15)9-17(24)25)18(26)14-11-22-7-8-27-19(22)21-14/h1-4,7-8,11,15-16H,5-6,9-10H2/t15-,16-/m0/s1. The fourth-order valence-corrected chi connectivity index (χ4v) is 4.87. The van der Waals surface area contributed by atoms with Gasteiger partial charge >= 0.3 is 0 Å². The molecule has 8 heteroatoms. The summed E-state index contributed by atoms with van der Waals surface area (Å²) in [6.45, 7) is 0.829. The van der Waals surface area contributed by atoms with Crippen molar-refractivity contribution in [2.24, 2.45) is 0 Å². The zero-order valence-corrected chi connectivity index (χ0v) is 15.2. The lowest BCUT2D eigenvalue weighted by Crippen LogP contribution is -2.39. The molecule has 0 bridgehead atoms. The van der Waals surface area contributed by atoms with Crippen molar-refractivity contribution < 1.29 is 14.0 Å². The highest BCUT2D eigenvalue weighted by molar-refractivity contribution is 7.15. The lowest BCUT2D eigenvalue weighted by atomic mass is 10.1. The molecule has 0 spiro atoms. The third kappa shape index (κ3) is 2.63. The Morgan fingerprint density at radius 1 is 1.30 bits per heavy atom. The number of aromatic nitrogens is 2. The van der Waals surface area contributed by atoms with Crippen molar-refractivity contribution in [1.29, 1.82) is 0 Å². The number of likely N-dealkylation sites (tertiary alicyclic amines) is 2. The van der Waals surface area contributed by atoms with Crippen LogP contribution in [0.1, 0.15) is 28.9 Å². The molecule has 138 valence electrons. The van der Waals surface area contributed by atoms with Crippen LogP contribution in [0, 0.1) is 5.82 Å². The summed E-state index contributed by atoms with van der Waals surface area (Å²) in [5.41, 5.74) is 0.910. The Morgan fingerprint density at radius 2 is 2.15 bits per heavy atom. The van der Waals surface area contributed by atoms with Crippen LogP contribution in [0.2, 0.25) is 0 Å². The number of imidazole rings is 1. The van der Waals surface area contributed by atoms with E-state index in [1.807, 2.05) is 16.0 Å². The molecule has 4 heterocycles. The molecule has 1 aromatic carbocycles. The van der Waals surface area contributed by atoms with E-state index in [2.05, 4.69) is 4.98 Å². The second-order valence-corrected chi connectivity index (χ2v) is 7.83. The number of hydrogen-bond acceptors (Lipinski definition) is 4. The third-order valence-corrected chi connectivity index (χ3v) is 6.26. The molecule has 3 aromatic rings. The maximum atomic E-state index is 14.0. The smallest absolute Gasteiger partial charge is 0.274 e. The molecule has 0 unspecified atom stereocenters. The molecule has 6 nitrogen and oxygen atoms in total. The van der Waals surface area contributed by atoms with Crippen LogP contribution < -0.4 is 0 Å². The predicted octanol–water partition coefficient (Wildman–Crippen LogP) is 2.55. The van der Waals surface area contributed by atoms with Gasteiger partial charge in [0.2, 0.25) is 5.91 Å². The molecule has 2 fully saturated rings. The molecule has 5 rings (SSSR count). The summed E-state index contributed by atoms with van der Waals surface area (Å²) >= 11 is 1.47. The molecule has 0 radical (unpaired) electrons. The van der Waals surface area contributed by atoms with Crippen molar-refractivity contribution in [1.82, 2.24) is 19.2 Å². The lowest BCUT2D eigenvalue weighted by molar-refractivity contribution is -0.129. The van der Waals surface area contributed by atoms with Gasteiger partial charge in [0.1, 0.15) is 11.5 Å². The number of thiazole rings is 1. The summed E-state index contributed by atoms with van der Waals surface area (Å²) in [7, 11) is 0. The molecule has 2 aromatic heterocycles. The predicted molar refractivity (Wildman–Crippen MR) is 97.9 cm³/mol. The summed E-state index contributed by atoms with van der Waals surface area (Å²) < 4.78 is 15.8. The zero-order valence-electron chi connectivity index (χ0n) is 14.4. The molecule has 2 aliphatic heterocycles. The first-order valence-corrected chi connectivity index (χ1v) is 9.76. The van der Waals surface area contributed by atoms with Crippen LogP contribution in [-0.2, 0) is 11.3 Å². The van der Waals surface area contributed by atoms with Gasteiger partial charge in [-0.1, -0.05) is 18.2 Å². The van der Waals surface area contributed by atoms with Gasteiger partial charge in [-0.3, -0.25) is 14.0 Å². The Morgan fingerprint density at radius 3 is 2.96 bits per heavy atom. The molecular formula is C19H17FN4O2S. The van der Waals surface area contributed by atoms with Crippen molar-refractivity contribution in [2.45, 2.75) is 31.5 Å². The normalized spacial score (nSPS) is 22.0. The van der Waals surface area contributed by atoms with Crippen molar-refractivity contribution in [3.05, 3.63) is 59.1 Å². The van der Waals surface area contributed by atoms with Crippen molar-refractivity contribution >= 4 is 28.1 Å². The minimum atomic E-state index is -0.308. The first kappa shape index (κ1) is 16.4. The Bertz CT molecular complexity index is 1020. The largest absolute Gasteiger partial charge is 0.333 e. The fourth-order valence-electron chi connectivity index (χ4n) is 4.17. The molecular weight excluding hydrogens is 367 g/mol. The Labute approximate surface area is 158 Å². The number of carbonyl (C=O) groups excluding carboxylic acids is 2. The van der Waals surface area contributed by atoms with Crippen LogP contribution >= 0.6 is 11.3 Å². The summed E-state index contributed by atoms with van der Waals surface area (Å²) in [6, 6.07) is 6.28. The van der Waals surface area contributed by atoms with Crippen LogP contribution in [-0.4, -0.2) is 49.6 Å². The van der Waals surface area contributed by atoms with Crippen molar-refractivity contribution in [2.75, 3.05) is 6.54 Å². The molecule has 2 atom stereocenters. The van der Waals surface area contributed by atoms with Gasteiger partial charge in [0.25, 0.3) is 5.91 Å². The van der Waals surface area contributed by atoms with E-state index in [4.69, 9.17) is 0 Å². The molecule has 27 heavy (non-hydrogen) atoms. The number of benzene rings is 1. The highest BCUT2D eigenvalue weighted by Crippen LogP contribution is 2.34. The van der Waals surface area contributed by atoms with E-state index < -0.39 is 0 Å². The Balaban J connectivity index is 1.37. The molecule has 2 amide bonds. The van der Waals surface area contributed by atoms with E-state index in [0.717, 1.165) is 4.96 Å². The average Bonchev–Trinajstić information content (AvgIpc) is 3.38. The molecule has 0 aliphatic carbocycles. The topological polar surface area (TPSA) is 57.9 Å². The van der Waals surface area contributed by atoms with E-state index in [-0.39, 0.29) is 42.7 Å². The molecule has 0 saturated carbocycles. The summed E-state index contributed by atoms with van der Waals surface area (Å²) in [5.74, 6) is -0.478. The third-order valence-electron chi connectivity index (χ3n) is 5.49. The van der Waals surface area contributed by atoms with Gasteiger partial charge in [0.05, 0.1) is 12.1 Å². The van der Waals surface area contributed by atoms with Gasteiger partial charge in [-0.25, -0.2) is 9.37 Å². The average molecular weight is 384 g/mol. The maximum absolute atomic E-state index is 14.0. The molecule has 2 saturated heterocycles. The number of fused-ring (bicyclic) bond motifs is 2. The second-order valence-electron chi connectivity index (χ2n) is 6.96. The molecule has 0 N–H and O–H groups in total. The van der Waals surface area contributed by atoms with Crippen LogP contribution in [0.25, 0.3) is 4.96 Å². The number of rotatable bonds is 3. The van der Waals surface area contributed by atoms with Crippen LogP contribution in [0.4, 0.5) is 4.39 Å². The number of hydrogen-bond donors (Lipinski definition) is 0. The fraction of sp³-hybridized carbons (Fsp3) is 0.316. The zero-order chi connectivity index (χ0) is 18.5. The van der Waals surface area contributed by atoms with Gasteiger partial charge in [-0.05, 0) is 12.5 Å². The first-order valence-electron chi connectivity index (χ1n) is 8.88. The van der Waals surface area contributed by atoms with Crippen molar-refractivity contribution in [3.63, 3.8) is 0 Å². The van der Waals surface area contributed by atoms with Gasteiger partial charge in [0.15, 0.2) is 4.96 Å². The minimum Gasteiger partial charge on any atom is -0.333 e. The maximum Gasteiger partial charge on any atom is 0.274 e. The van der Waals surface area contributed by atoms with Gasteiger partial charge in [-0.15, -0.1) is 11.3 Å². The van der Waals surface area contributed by atoms with Crippen LogP contribution in [0.15, 0.2) is 42.0 Å². The Hall–Kier alpha value is -2.74. The number of amides is 2. The summed E-state index contributed by atoms with van der Waals surface area (Å²) in [5, 5.41) is 1.92. The SMILES string of the molecule is O=C1C[C@H]2[C@H](CCN2C(=O)c2cn3ccsc3n2)N1Cc1ccccc1F. The van der Waals surface area contributed by atoms with Gasteiger partial charge in [0, 0.05) is 42.8 Å². The highest BCUT2D eigenvalue weighted by Gasteiger charge is 2.48. The van der Waals surface area contributed by atoms with E-state index in [9.17, 15) is 14.0 Å². The lowest BCUT2D eigenvalue weighted by Gasteiger charge is -2.25. The van der Waals surface area contributed by atoms with Gasteiger partial charge < -0.3 is 9.80 Å². The highest BCUT2D eigenvalue weighted by atomic mass is 32.1. The minimum absolute atomic E-state index is 0.0309. The van der Waals surface area contributed by atoms with E-state index in [1.54, 1.807) is 34.2 Å². The number of halogens is 1. The quantitative estimate of drug-likeness (QED) is 0.697. The first-order chi connectivity index (χ1) is 13.1. The van der Waals surface area contributed by atoms with Gasteiger partial charge in [-0.2, -0.15) is 0 Å². The Kier molecular flexibility index (Phi) is 3.75. The second kappa shape index (κ2) is 6.16. The summed E-state index contributed by atoms with van der Waals surface area (Å²) in [6.07, 6.45) is 4.59. The van der Waals surface area contributed by atoms with Crippen molar-refractivity contribution in [3.8, 4) is 0 Å². The van der Waals surface area contributed by atoms with E-state index in [0.29, 0.717) is 24.2 Å². The molecule has 2 aliphatic rings. The summed E-state index contributed by atoms with van der Waals surface area (Å²) in [4.78, 5) is 34.2. The monoisotopic (exact) mass is 384 g/mol. The van der Waals surface area contributed by atoms with E-state index >= 15 is 0 Å². The number of nitrogens with zero attached hydrogens (tertiary/aromatic N) is 4. The van der Waals surface area contributed by atoms with Crippen LogP contribution in [0.5, 0.6) is 0 Å². The van der Waals surface area contributed by atoms with Crippen LogP contribution in [0.3, 0.4) is 0 Å².